The van der Waals surface area contributed by atoms with E-state index in [2.05, 4.69) is 13.8 Å². The molecule has 0 N–H and O–H groups in total. The Hall–Kier alpha value is 0.330. The van der Waals surface area contributed by atoms with Gasteiger partial charge in [0.1, 0.15) is 0 Å². The van der Waals surface area contributed by atoms with Gasteiger partial charge in [-0.25, -0.2) is 0 Å². The number of carbonyl (C=O) groups excluding carboxylic acids is 2. The molecule has 42 heavy (non-hydrogen) atoms. The quantitative estimate of drug-likeness (QED) is 0.0534. The average Bonchev–Trinajstić information content (AvgIpc) is 2.93. The molecule has 6 heteroatoms. The number of carbonyl (C=O) groups is 2. The van der Waals surface area contributed by atoms with Crippen LogP contribution in [-0.4, -0.2) is 35.0 Å². The molecule has 0 saturated carbocycles. The van der Waals surface area contributed by atoms with Crippen molar-refractivity contribution in [3.05, 3.63) is 0 Å². The van der Waals surface area contributed by atoms with Gasteiger partial charge < -0.3 is 19.8 Å². The van der Waals surface area contributed by atoms with Crippen LogP contribution < -0.4 is 10.2 Å². The van der Waals surface area contributed by atoms with E-state index >= 15 is 0 Å². The molecule has 0 rings (SSSR count). The summed E-state index contributed by atoms with van der Waals surface area (Å²) in [6, 6.07) is 0. The zero-order valence-electron chi connectivity index (χ0n) is 28.7. The second-order valence-corrected chi connectivity index (χ2v) is 12.1. The molecule has 0 atom stereocenters. The van der Waals surface area contributed by atoms with Crippen molar-refractivity contribution in [1.82, 2.24) is 0 Å². The minimum Gasteiger partial charge on any atom is -0.550 e. The number of rotatable bonds is 32. The van der Waals surface area contributed by atoms with Crippen LogP contribution in [0, 0.1) is 0 Å². The SMILES string of the molecule is CCCCCCCCCCCCCCCCCC(=O)[O-].CCCCCCCCCCCCCCCCCC(=O)[O-].[Mg+2].[Zn+2]. The van der Waals surface area contributed by atoms with Gasteiger partial charge in [-0.3, -0.25) is 0 Å². The fourth-order valence-electron chi connectivity index (χ4n) is 5.28. The van der Waals surface area contributed by atoms with E-state index in [0.29, 0.717) is 0 Å². The van der Waals surface area contributed by atoms with Crippen LogP contribution in [0.2, 0.25) is 0 Å². The van der Waals surface area contributed by atoms with Gasteiger partial charge in [-0.15, -0.1) is 0 Å². The van der Waals surface area contributed by atoms with E-state index in [1.54, 1.807) is 0 Å². The molecule has 0 aromatic carbocycles. The summed E-state index contributed by atoms with van der Waals surface area (Å²) in [7, 11) is 0. The van der Waals surface area contributed by atoms with Gasteiger partial charge in [-0.05, 0) is 25.7 Å². The first-order chi connectivity index (χ1) is 19.5. The van der Waals surface area contributed by atoms with Gasteiger partial charge in [-0.1, -0.05) is 194 Å². The molecule has 0 amide bonds. The van der Waals surface area contributed by atoms with Crippen molar-refractivity contribution in [3.63, 3.8) is 0 Å². The fraction of sp³-hybridized carbons (Fsp3) is 0.944. The van der Waals surface area contributed by atoms with Crippen molar-refractivity contribution in [2.75, 3.05) is 0 Å². The molecule has 0 radical (unpaired) electrons. The fourth-order valence-corrected chi connectivity index (χ4v) is 5.28. The van der Waals surface area contributed by atoms with Gasteiger partial charge >= 0.3 is 42.5 Å². The summed E-state index contributed by atoms with van der Waals surface area (Å²) in [5.41, 5.74) is 0. The summed E-state index contributed by atoms with van der Waals surface area (Å²) in [6.45, 7) is 4.53. The number of aliphatic carboxylic acids is 2. The van der Waals surface area contributed by atoms with Crippen LogP contribution in [0.4, 0.5) is 0 Å². The molecule has 0 unspecified atom stereocenters. The van der Waals surface area contributed by atoms with Crippen LogP contribution in [0.1, 0.15) is 219 Å². The molecule has 0 aromatic rings. The Morgan fingerprint density at radius 2 is 0.476 bits per heavy atom. The number of hydrogen-bond donors (Lipinski definition) is 0. The summed E-state index contributed by atoms with van der Waals surface area (Å²) in [5, 5.41) is 20.4. The minimum atomic E-state index is -0.903. The summed E-state index contributed by atoms with van der Waals surface area (Å²) in [6.07, 6.45) is 39.7. The first-order valence-corrected chi connectivity index (χ1v) is 17.9. The average molecular weight is 657 g/mol. The van der Waals surface area contributed by atoms with Crippen molar-refractivity contribution in [2.45, 2.75) is 219 Å². The molecule has 0 aliphatic carbocycles. The maximum atomic E-state index is 10.2. The van der Waals surface area contributed by atoms with Crippen LogP contribution >= 0.6 is 0 Å². The Balaban J connectivity index is -0.000000328. The Labute approximate surface area is 292 Å². The second-order valence-electron chi connectivity index (χ2n) is 12.1. The predicted molar refractivity (Wildman–Crippen MR) is 175 cm³/mol. The van der Waals surface area contributed by atoms with Crippen molar-refractivity contribution < 1.29 is 39.3 Å². The normalized spacial score (nSPS) is 10.3. The summed E-state index contributed by atoms with van der Waals surface area (Å²) >= 11 is 0. The van der Waals surface area contributed by atoms with Crippen LogP contribution in [0.15, 0.2) is 0 Å². The van der Waals surface area contributed by atoms with Gasteiger partial charge in [0.2, 0.25) is 0 Å². The Morgan fingerprint density at radius 3 is 0.619 bits per heavy atom. The molecule has 4 nitrogen and oxygen atoms in total. The Morgan fingerprint density at radius 1 is 0.333 bits per heavy atom. The third kappa shape index (κ3) is 52.9. The monoisotopic (exact) mass is 654 g/mol. The molecule has 0 aliphatic heterocycles. The van der Waals surface area contributed by atoms with Gasteiger partial charge in [0, 0.05) is 11.9 Å². The smallest absolute Gasteiger partial charge is 0.550 e. The van der Waals surface area contributed by atoms with E-state index in [0.717, 1.165) is 25.7 Å². The van der Waals surface area contributed by atoms with Gasteiger partial charge in [0.05, 0.1) is 0 Å². The number of hydrogen-bond acceptors (Lipinski definition) is 4. The van der Waals surface area contributed by atoms with Gasteiger partial charge in [0.25, 0.3) is 0 Å². The van der Waals surface area contributed by atoms with E-state index in [9.17, 15) is 19.8 Å². The number of carboxylic acid groups (broad SMARTS) is 2. The molecule has 0 spiro atoms. The maximum Gasteiger partial charge on any atom is 2.00 e. The summed E-state index contributed by atoms with van der Waals surface area (Å²) in [5.74, 6) is -1.81. The molecule has 0 saturated heterocycles. The van der Waals surface area contributed by atoms with Crippen molar-refractivity contribution >= 4 is 35.0 Å². The maximum absolute atomic E-state index is 10.2. The molecular formula is C36H70MgO4Zn+2. The number of carboxylic acids is 2. The van der Waals surface area contributed by atoms with Gasteiger partial charge in [0.15, 0.2) is 0 Å². The zero-order valence-corrected chi connectivity index (χ0v) is 33.1. The molecule has 0 heterocycles. The summed E-state index contributed by atoms with van der Waals surface area (Å²) < 4.78 is 0. The largest absolute Gasteiger partial charge is 2.00 e. The van der Waals surface area contributed by atoms with Crippen molar-refractivity contribution in [1.29, 1.82) is 0 Å². The van der Waals surface area contributed by atoms with E-state index in [-0.39, 0.29) is 55.4 Å². The van der Waals surface area contributed by atoms with E-state index in [1.807, 2.05) is 0 Å². The van der Waals surface area contributed by atoms with E-state index < -0.39 is 11.9 Å². The topological polar surface area (TPSA) is 80.3 Å². The number of unbranched alkanes of at least 4 members (excludes halogenated alkanes) is 28. The molecular weight excluding hydrogens is 586 g/mol. The van der Waals surface area contributed by atoms with Crippen LogP contribution in [0.3, 0.4) is 0 Å². The molecule has 240 valence electrons. The van der Waals surface area contributed by atoms with Crippen molar-refractivity contribution in [2.24, 2.45) is 0 Å². The minimum absolute atomic E-state index is 0. The zero-order chi connectivity index (χ0) is 29.8. The first-order valence-electron chi connectivity index (χ1n) is 17.9. The van der Waals surface area contributed by atoms with Crippen LogP contribution in [-0.2, 0) is 29.1 Å². The molecule has 0 fully saturated rings. The van der Waals surface area contributed by atoms with Crippen LogP contribution in [0.5, 0.6) is 0 Å². The van der Waals surface area contributed by atoms with Crippen LogP contribution in [0.25, 0.3) is 0 Å². The second kappa shape index (κ2) is 45.8. The summed E-state index contributed by atoms with van der Waals surface area (Å²) in [4.78, 5) is 20.4. The standard InChI is InChI=1S/2C18H36O2.Mg.Zn/c2*1-2-3-4-5-6-7-8-9-10-11-12-13-14-15-16-17-18(19)20;;/h2*2-17H2,1H3,(H,19,20);;/q;;2*+2/p-2. The van der Waals surface area contributed by atoms with Gasteiger partial charge in [-0.2, -0.15) is 0 Å². The molecule has 0 aromatic heterocycles. The Bertz CT molecular complexity index is 461. The third-order valence-corrected chi connectivity index (χ3v) is 7.97. The Kier molecular flexibility index (Phi) is 53.6. The molecule has 0 bridgehead atoms. The predicted octanol–water partition coefficient (Wildman–Crippen LogP) is 9.61. The first kappa shape index (κ1) is 49.2. The van der Waals surface area contributed by atoms with E-state index in [1.165, 1.54) is 167 Å². The van der Waals surface area contributed by atoms with Crippen molar-refractivity contribution in [3.8, 4) is 0 Å². The van der Waals surface area contributed by atoms with E-state index in [4.69, 9.17) is 0 Å². The third-order valence-electron chi connectivity index (χ3n) is 7.97. The molecule has 0 aliphatic rings.